The molecule has 0 heterocycles. The van der Waals surface area contributed by atoms with Gasteiger partial charge in [-0.15, -0.1) is 0 Å². The number of nitrogens with one attached hydrogen (secondary N) is 1. The molecule has 0 aliphatic heterocycles. The highest BCUT2D eigenvalue weighted by Crippen LogP contribution is 2.70. The number of allylic oxidation sites excluding steroid dienone is 4. The maximum absolute atomic E-state index is 15.0. The number of ketones is 1. The van der Waals surface area contributed by atoms with Crippen molar-refractivity contribution >= 4 is 15.5 Å². The van der Waals surface area contributed by atoms with Crippen LogP contribution in [0.25, 0.3) is 0 Å². The van der Waals surface area contributed by atoms with Gasteiger partial charge in [-0.25, -0.2) is 8.99 Å². The van der Waals surface area contributed by atoms with Crippen LogP contribution in [0.3, 0.4) is 0 Å². The van der Waals surface area contributed by atoms with Gasteiger partial charge in [0.25, 0.3) is 0 Å². The van der Waals surface area contributed by atoms with Crippen LogP contribution in [0.1, 0.15) is 63.4 Å². The second-order valence-electron chi connectivity index (χ2n) is 11.4. The summed E-state index contributed by atoms with van der Waals surface area (Å²) in [6.45, 7) is 1.38. The minimum absolute atomic E-state index is 0.0209. The van der Waals surface area contributed by atoms with Gasteiger partial charge in [-0.05, 0) is 85.3 Å². The maximum atomic E-state index is 15.0. The Morgan fingerprint density at radius 3 is 2.30 bits per heavy atom. The molecule has 2 fully saturated rings. The first kappa shape index (κ1) is 26.5. The highest BCUT2D eigenvalue weighted by molar-refractivity contribution is 7.91. The number of aliphatic hydroxyl groups is 1. The van der Waals surface area contributed by atoms with Crippen molar-refractivity contribution in [2.24, 2.45) is 17.3 Å². The Hall–Kier alpha value is -2.07. The SMILES string of the molecule is C[C@]12C[C@H](c3ccc(S(C)(=N)=O)cc3)C3=C4CCC(=O)C=C4CC[C@H]3[C@@H]1CC[C@]2(O)C(F)(F)C(F)(F)F. The highest BCUT2D eigenvalue weighted by Gasteiger charge is 2.79. The molecule has 5 rings (SSSR count). The number of hydrogen-bond donors (Lipinski definition) is 2. The summed E-state index contributed by atoms with van der Waals surface area (Å²) in [4.78, 5) is 12.4. The average molecular weight is 544 g/mol. The molecular formula is C27H30F5NO3S. The molecule has 1 aromatic carbocycles. The van der Waals surface area contributed by atoms with Crippen molar-refractivity contribution in [2.45, 2.75) is 80.4 Å². The first-order valence-electron chi connectivity index (χ1n) is 12.5. The predicted octanol–water partition coefficient (Wildman–Crippen LogP) is 6.55. The van der Waals surface area contributed by atoms with Gasteiger partial charge in [-0.2, -0.15) is 22.0 Å². The number of alkyl halides is 5. The largest absolute Gasteiger partial charge is 0.456 e. The van der Waals surface area contributed by atoms with E-state index >= 15 is 0 Å². The van der Waals surface area contributed by atoms with Crippen LogP contribution < -0.4 is 0 Å². The number of halogens is 5. The first-order chi connectivity index (χ1) is 17.0. The number of fused-ring (bicyclic) bond motifs is 4. The molecule has 37 heavy (non-hydrogen) atoms. The Labute approximate surface area is 213 Å². The van der Waals surface area contributed by atoms with Crippen LogP contribution in [0, 0.1) is 22.0 Å². The van der Waals surface area contributed by atoms with Gasteiger partial charge in [0.05, 0.1) is 9.73 Å². The zero-order valence-corrected chi connectivity index (χ0v) is 21.4. The summed E-state index contributed by atoms with van der Waals surface area (Å²) in [6.07, 6.45) is -1.83. The zero-order chi connectivity index (χ0) is 27.2. The van der Waals surface area contributed by atoms with Gasteiger partial charge in [0.15, 0.2) is 5.78 Å². The molecule has 4 nitrogen and oxygen atoms in total. The smallest absolute Gasteiger partial charge is 0.383 e. The Morgan fingerprint density at radius 2 is 1.70 bits per heavy atom. The van der Waals surface area contributed by atoms with Crippen LogP contribution >= 0.6 is 0 Å². The summed E-state index contributed by atoms with van der Waals surface area (Å²) < 4.78 is 90.9. The summed E-state index contributed by atoms with van der Waals surface area (Å²) in [5.74, 6) is -6.68. The molecule has 0 saturated heterocycles. The number of benzene rings is 1. The lowest BCUT2D eigenvalue weighted by Crippen LogP contribution is -2.65. The van der Waals surface area contributed by atoms with Crippen molar-refractivity contribution in [1.82, 2.24) is 0 Å². The molecule has 10 heteroatoms. The van der Waals surface area contributed by atoms with Crippen molar-refractivity contribution in [2.75, 3.05) is 6.26 Å². The fraction of sp³-hybridized carbons (Fsp3) is 0.593. The molecule has 0 amide bonds. The van der Waals surface area contributed by atoms with E-state index in [0.717, 1.165) is 16.7 Å². The lowest BCUT2D eigenvalue weighted by Gasteiger charge is -2.56. The lowest BCUT2D eigenvalue weighted by atomic mass is 9.50. The van der Waals surface area contributed by atoms with Crippen molar-refractivity contribution in [3.63, 3.8) is 0 Å². The molecule has 0 radical (unpaired) electrons. The second kappa shape index (κ2) is 8.21. The molecule has 4 aliphatic carbocycles. The Balaban J connectivity index is 1.69. The molecule has 1 aromatic rings. The van der Waals surface area contributed by atoms with Crippen molar-refractivity contribution in [3.8, 4) is 0 Å². The molecule has 0 bridgehead atoms. The number of carbonyl (C=O) groups excluding carboxylic acids is 1. The van der Waals surface area contributed by atoms with Gasteiger partial charge < -0.3 is 5.11 Å². The standard InChI is InChI=1S/C27H30F5NO3S/c1-24-14-21(15-3-7-18(8-4-15)37(2,33)36)23-19-10-6-17(34)13-16(19)5-9-20(23)22(24)11-12-25(24,35)26(28,29)27(30,31)32/h3-4,7-8,13,20-22,33,35H,5-6,9-12,14H2,1-2H3/t20-,21+,22-,24-,25+,37?/m0/s1. The van der Waals surface area contributed by atoms with E-state index in [0.29, 0.717) is 36.1 Å². The van der Waals surface area contributed by atoms with E-state index in [2.05, 4.69) is 0 Å². The highest BCUT2D eigenvalue weighted by atomic mass is 32.2. The second-order valence-corrected chi connectivity index (χ2v) is 13.5. The third-order valence-corrected chi connectivity index (χ3v) is 10.7. The lowest BCUT2D eigenvalue weighted by molar-refractivity contribution is -0.362. The van der Waals surface area contributed by atoms with Crippen LogP contribution in [0.4, 0.5) is 22.0 Å². The summed E-state index contributed by atoms with van der Waals surface area (Å²) in [6, 6.07) is 6.39. The third kappa shape index (κ3) is 3.76. The quantitative estimate of drug-likeness (QED) is 0.425. The van der Waals surface area contributed by atoms with Crippen molar-refractivity contribution in [1.29, 1.82) is 4.78 Å². The van der Waals surface area contributed by atoms with Crippen LogP contribution in [-0.2, 0) is 14.5 Å². The van der Waals surface area contributed by atoms with Gasteiger partial charge >= 0.3 is 12.1 Å². The molecule has 4 aliphatic rings. The topological polar surface area (TPSA) is 78.2 Å². The Kier molecular flexibility index (Phi) is 5.89. The van der Waals surface area contributed by atoms with E-state index in [1.54, 1.807) is 18.2 Å². The predicted molar refractivity (Wildman–Crippen MR) is 128 cm³/mol. The summed E-state index contributed by atoms with van der Waals surface area (Å²) in [7, 11) is -3.00. The third-order valence-electron chi connectivity index (χ3n) is 9.49. The molecule has 0 aromatic heterocycles. The minimum atomic E-state index is -5.89. The summed E-state index contributed by atoms with van der Waals surface area (Å²) in [5, 5.41) is 11.3. The van der Waals surface area contributed by atoms with E-state index < -0.39 is 51.1 Å². The van der Waals surface area contributed by atoms with Crippen LogP contribution in [0.15, 0.2) is 52.0 Å². The molecule has 6 atom stereocenters. The number of hydrogen-bond acceptors (Lipinski definition) is 4. The molecule has 1 unspecified atom stereocenters. The number of carbonyl (C=O) groups is 1. The normalized spacial score (nSPS) is 35.8. The fourth-order valence-corrected chi connectivity index (χ4v) is 8.33. The van der Waals surface area contributed by atoms with Crippen molar-refractivity contribution in [3.05, 3.63) is 52.6 Å². The molecule has 2 saturated carbocycles. The summed E-state index contributed by atoms with van der Waals surface area (Å²) >= 11 is 0. The number of rotatable bonds is 3. The van der Waals surface area contributed by atoms with E-state index in [1.807, 2.05) is 0 Å². The van der Waals surface area contributed by atoms with E-state index in [9.17, 15) is 36.1 Å². The van der Waals surface area contributed by atoms with E-state index in [1.165, 1.54) is 25.3 Å². The van der Waals surface area contributed by atoms with Crippen LogP contribution in [0.5, 0.6) is 0 Å². The molecule has 202 valence electrons. The summed E-state index contributed by atoms with van der Waals surface area (Å²) in [5.41, 5.74) is -1.45. The fourth-order valence-electron chi connectivity index (χ4n) is 7.67. The Morgan fingerprint density at radius 1 is 1.05 bits per heavy atom. The van der Waals surface area contributed by atoms with Crippen LogP contribution in [-0.4, -0.2) is 39.1 Å². The molecule has 0 spiro atoms. The maximum Gasteiger partial charge on any atom is 0.456 e. The minimum Gasteiger partial charge on any atom is -0.383 e. The molecule has 2 N–H and O–H groups in total. The van der Waals surface area contributed by atoms with E-state index in [-0.39, 0.29) is 24.5 Å². The van der Waals surface area contributed by atoms with Crippen LogP contribution in [0.2, 0.25) is 0 Å². The zero-order valence-electron chi connectivity index (χ0n) is 20.6. The van der Waals surface area contributed by atoms with Gasteiger partial charge in [-0.1, -0.05) is 24.6 Å². The van der Waals surface area contributed by atoms with Gasteiger partial charge in [0, 0.05) is 28.9 Å². The van der Waals surface area contributed by atoms with Gasteiger partial charge in [0.2, 0.25) is 0 Å². The monoisotopic (exact) mass is 543 g/mol. The first-order valence-corrected chi connectivity index (χ1v) is 14.5. The van der Waals surface area contributed by atoms with Crippen molar-refractivity contribution < 1.29 is 36.1 Å². The Bertz CT molecular complexity index is 1310. The molecular weight excluding hydrogens is 513 g/mol. The average Bonchev–Trinajstić information content (AvgIpc) is 3.09. The van der Waals surface area contributed by atoms with Gasteiger partial charge in [0.1, 0.15) is 5.60 Å². The van der Waals surface area contributed by atoms with Gasteiger partial charge in [-0.3, -0.25) is 4.79 Å². The van der Waals surface area contributed by atoms with E-state index in [4.69, 9.17) is 4.78 Å².